The van der Waals surface area contributed by atoms with E-state index in [-0.39, 0.29) is 17.6 Å². The van der Waals surface area contributed by atoms with Gasteiger partial charge in [-0.2, -0.15) is 0 Å². The minimum atomic E-state index is -0.644. The summed E-state index contributed by atoms with van der Waals surface area (Å²) in [5, 5.41) is 23.3. The first-order chi connectivity index (χ1) is 10.5. The third kappa shape index (κ3) is 4.55. The van der Waals surface area contributed by atoms with Crippen LogP contribution in [0.1, 0.15) is 36.1 Å². The minimum Gasteiger partial charge on any atom is -0.508 e. The number of hydrogen-bond acceptors (Lipinski definition) is 3. The zero-order valence-corrected chi connectivity index (χ0v) is 12.9. The molecule has 0 saturated carbocycles. The average molecular weight is 303 g/mol. The van der Waals surface area contributed by atoms with Crippen molar-refractivity contribution < 1.29 is 14.6 Å². The van der Waals surface area contributed by atoms with Gasteiger partial charge in [0.25, 0.3) is 0 Å². The molecule has 118 valence electrons. The molecule has 2 aromatic carbocycles. The van der Waals surface area contributed by atoms with Crippen LogP contribution in [0.25, 0.3) is 0 Å². The molecule has 0 radical (unpaired) electrons. The number of phenols is 1. The third-order valence-corrected chi connectivity index (χ3v) is 3.71. The molecular formula is C18H22FNO2. The standard InChI is InChI=1S/C18H22FNO2/c1-12-3-8-17(21)15(9-12)11-20-13(2)10-18(22)14-4-6-16(19)7-5-14/h3-9,13,18,20-22H,10-11H2,1-2H3. The summed E-state index contributed by atoms with van der Waals surface area (Å²) >= 11 is 0. The van der Waals surface area contributed by atoms with Crippen LogP contribution in [-0.4, -0.2) is 16.3 Å². The lowest BCUT2D eigenvalue weighted by molar-refractivity contribution is 0.153. The molecule has 2 unspecified atom stereocenters. The molecule has 2 aromatic rings. The van der Waals surface area contributed by atoms with E-state index in [9.17, 15) is 14.6 Å². The number of rotatable bonds is 6. The highest BCUT2D eigenvalue weighted by atomic mass is 19.1. The molecule has 0 heterocycles. The molecule has 0 spiro atoms. The van der Waals surface area contributed by atoms with Crippen molar-refractivity contribution >= 4 is 0 Å². The molecule has 3 N–H and O–H groups in total. The molecule has 0 saturated heterocycles. The Labute approximate surface area is 130 Å². The van der Waals surface area contributed by atoms with E-state index in [1.807, 2.05) is 26.0 Å². The van der Waals surface area contributed by atoms with Gasteiger partial charge in [0.1, 0.15) is 11.6 Å². The lowest BCUT2D eigenvalue weighted by Crippen LogP contribution is -2.27. The van der Waals surface area contributed by atoms with E-state index in [0.29, 0.717) is 18.5 Å². The molecule has 0 amide bonds. The molecule has 2 atom stereocenters. The summed E-state index contributed by atoms with van der Waals surface area (Å²) < 4.78 is 12.9. The number of aliphatic hydroxyl groups is 1. The SMILES string of the molecule is Cc1ccc(O)c(CNC(C)CC(O)c2ccc(F)cc2)c1. The fraction of sp³-hybridized carbons (Fsp3) is 0.333. The first-order valence-electron chi connectivity index (χ1n) is 7.41. The summed E-state index contributed by atoms with van der Waals surface area (Å²) in [6, 6.07) is 11.4. The van der Waals surface area contributed by atoms with Crippen molar-refractivity contribution in [1.29, 1.82) is 0 Å². The van der Waals surface area contributed by atoms with Crippen LogP contribution < -0.4 is 5.32 Å². The molecule has 4 heteroatoms. The number of nitrogens with one attached hydrogen (secondary N) is 1. The van der Waals surface area contributed by atoms with E-state index < -0.39 is 6.10 Å². The molecule has 22 heavy (non-hydrogen) atoms. The second kappa shape index (κ2) is 7.38. The van der Waals surface area contributed by atoms with Crippen molar-refractivity contribution in [2.24, 2.45) is 0 Å². The van der Waals surface area contributed by atoms with Crippen molar-refractivity contribution in [3.63, 3.8) is 0 Å². The Morgan fingerprint density at radius 2 is 1.82 bits per heavy atom. The fourth-order valence-electron chi connectivity index (χ4n) is 2.38. The Morgan fingerprint density at radius 1 is 1.14 bits per heavy atom. The molecule has 0 bridgehead atoms. The lowest BCUT2D eigenvalue weighted by Gasteiger charge is -2.19. The maximum Gasteiger partial charge on any atom is 0.123 e. The first-order valence-corrected chi connectivity index (χ1v) is 7.41. The summed E-state index contributed by atoms with van der Waals surface area (Å²) in [6.07, 6.45) is -0.132. The molecule has 2 rings (SSSR count). The van der Waals surface area contributed by atoms with Crippen LogP contribution in [0.3, 0.4) is 0 Å². The fourth-order valence-corrected chi connectivity index (χ4v) is 2.38. The summed E-state index contributed by atoms with van der Waals surface area (Å²) in [5.74, 6) is -0.0403. The predicted octanol–water partition coefficient (Wildman–Crippen LogP) is 3.44. The number of aromatic hydroxyl groups is 1. The smallest absolute Gasteiger partial charge is 0.123 e. The van der Waals surface area contributed by atoms with Gasteiger partial charge in [0.2, 0.25) is 0 Å². The topological polar surface area (TPSA) is 52.5 Å². The Bertz CT molecular complexity index is 613. The number of halogens is 1. The molecule has 0 fully saturated rings. The number of aryl methyl sites for hydroxylation is 1. The van der Waals surface area contributed by atoms with E-state index in [2.05, 4.69) is 5.32 Å². The molecule has 0 aliphatic carbocycles. The van der Waals surface area contributed by atoms with E-state index in [1.54, 1.807) is 18.2 Å². The van der Waals surface area contributed by atoms with E-state index >= 15 is 0 Å². The maximum atomic E-state index is 12.9. The van der Waals surface area contributed by atoms with Gasteiger partial charge < -0.3 is 15.5 Å². The normalized spacial score (nSPS) is 13.8. The largest absolute Gasteiger partial charge is 0.508 e. The number of benzene rings is 2. The van der Waals surface area contributed by atoms with E-state index in [1.165, 1.54) is 12.1 Å². The molecule has 0 aliphatic heterocycles. The van der Waals surface area contributed by atoms with Crippen LogP contribution in [0.4, 0.5) is 4.39 Å². The number of aliphatic hydroxyl groups excluding tert-OH is 1. The Kier molecular flexibility index (Phi) is 5.52. The van der Waals surface area contributed by atoms with Crippen LogP contribution in [0.15, 0.2) is 42.5 Å². The number of phenolic OH excluding ortho intramolecular Hbond substituents is 1. The van der Waals surface area contributed by atoms with E-state index in [4.69, 9.17) is 0 Å². The second-order valence-electron chi connectivity index (χ2n) is 5.72. The molecule has 0 aliphatic rings. The average Bonchev–Trinajstić information content (AvgIpc) is 2.49. The van der Waals surface area contributed by atoms with Crippen molar-refractivity contribution in [3.05, 3.63) is 65.0 Å². The van der Waals surface area contributed by atoms with Crippen LogP contribution >= 0.6 is 0 Å². The van der Waals surface area contributed by atoms with Gasteiger partial charge in [-0.1, -0.05) is 29.8 Å². The number of hydrogen-bond donors (Lipinski definition) is 3. The zero-order chi connectivity index (χ0) is 16.1. The summed E-state index contributed by atoms with van der Waals surface area (Å²) in [7, 11) is 0. The van der Waals surface area contributed by atoms with Gasteiger partial charge in [-0.05, 0) is 44.0 Å². The Morgan fingerprint density at radius 3 is 2.50 bits per heavy atom. The van der Waals surface area contributed by atoms with Crippen molar-refractivity contribution in [2.45, 2.75) is 39.0 Å². The minimum absolute atomic E-state index is 0.0555. The summed E-state index contributed by atoms with van der Waals surface area (Å²) in [5.41, 5.74) is 2.63. The van der Waals surface area contributed by atoms with Crippen molar-refractivity contribution in [1.82, 2.24) is 5.32 Å². The summed E-state index contributed by atoms with van der Waals surface area (Å²) in [4.78, 5) is 0. The molecular weight excluding hydrogens is 281 g/mol. The lowest BCUT2D eigenvalue weighted by atomic mass is 10.0. The molecule has 3 nitrogen and oxygen atoms in total. The van der Waals surface area contributed by atoms with Crippen LogP contribution in [-0.2, 0) is 6.54 Å². The second-order valence-corrected chi connectivity index (χ2v) is 5.72. The highest BCUT2D eigenvalue weighted by molar-refractivity contribution is 5.35. The molecule has 0 aromatic heterocycles. The third-order valence-electron chi connectivity index (χ3n) is 3.71. The monoisotopic (exact) mass is 303 g/mol. The van der Waals surface area contributed by atoms with Gasteiger partial charge in [0, 0.05) is 18.2 Å². The van der Waals surface area contributed by atoms with Gasteiger partial charge in [-0.15, -0.1) is 0 Å². The van der Waals surface area contributed by atoms with Gasteiger partial charge >= 0.3 is 0 Å². The van der Waals surface area contributed by atoms with Gasteiger partial charge in [0.15, 0.2) is 0 Å². The first kappa shape index (κ1) is 16.5. The highest BCUT2D eigenvalue weighted by Crippen LogP contribution is 2.20. The quantitative estimate of drug-likeness (QED) is 0.766. The Hall–Kier alpha value is -1.91. The zero-order valence-electron chi connectivity index (χ0n) is 12.9. The van der Waals surface area contributed by atoms with Gasteiger partial charge in [-0.25, -0.2) is 4.39 Å². The van der Waals surface area contributed by atoms with Gasteiger partial charge in [-0.3, -0.25) is 0 Å². The predicted molar refractivity (Wildman–Crippen MR) is 85.1 cm³/mol. The van der Waals surface area contributed by atoms with Crippen molar-refractivity contribution in [2.75, 3.05) is 0 Å². The van der Waals surface area contributed by atoms with Crippen molar-refractivity contribution in [3.8, 4) is 5.75 Å². The van der Waals surface area contributed by atoms with E-state index in [0.717, 1.165) is 11.1 Å². The van der Waals surface area contributed by atoms with Crippen LogP contribution in [0, 0.1) is 12.7 Å². The van der Waals surface area contributed by atoms with Crippen LogP contribution in [0.2, 0.25) is 0 Å². The Balaban J connectivity index is 1.88. The summed E-state index contributed by atoms with van der Waals surface area (Å²) in [6.45, 7) is 4.48. The van der Waals surface area contributed by atoms with Crippen LogP contribution in [0.5, 0.6) is 5.75 Å². The maximum absolute atomic E-state index is 12.9. The highest BCUT2D eigenvalue weighted by Gasteiger charge is 2.13. The van der Waals surface area contributed by atoms with Gasteiger partial charge in [0.05, 0.1) is 6.10 Å².